The van der Waals surface area contributed by atoms with Gasteiger partial charge in [-0.1, -0.05) is 46.3 Å². The summed E-state index contributed by atoms with van der Waals surface area (Å²) in [6.45, 7) is 1.74. The lowest BCUT2D eigenvalue weighted by Gasteiger charge is -2.36. The predicted octanol–water partition coefficient (Wildman–Crippen LogP) is 5.23. The van der Waals surface area contributed by atoms with Crippen molar-refractivity contribution in [2.45, 2.75) is 18.4 Å². The van der Waals surface area contributed by atoms with Crippen LogP contribution >= 0.6 is 15.9 Å². The summed E-state index contributed by atoms with van der Waals surface area (Å²) in [5, 5.41) is 0. The molecule has 29 heavy (non-hydrogen) atoms. The molecule has 4 rings (SSSR count). The quantitative estimate of drug-likeness (QED) is 0.521. The van der Waals surface area contributed by atoms with Crippen LogP contribution in [0.1, 0.15) is 11.1 Å². The highest BCUT2D eigenvalue weighted by atomic mass is 79.9. The van der Waals surface area contributed by atoms with Crippen LogP contribution in [0.2, 0.25) is 0 Å². The molecule has 0 radical (unpaired) electrons. The molecule has 0 atom stereocenters. The highest BCUT2D eigenvalue weighted by molar-refractivity contribution is 9.10. The lowest BCUT2D eigenvalue weighted by Crippen LogP contribution is -2.50. The second kappa shape index (κ2) is 7.27. The maximum atomic E-state index is 14.1. The number of carbonyl (C=O) groups is 1. The van der Waals surface area contributed by atoms with Gasteiger partial charge in [0.05, 0.1) is 17.9 Å². The Morgan fingerprint density at radius 3 is 2.38 bits per heavy atom. The van der Waals surface area contributed by atoms with Gasteiger partial charge in [0.2, 0.25) is 0 Å². The Morgan fingerprint density at radius 1 is 1.00 bits per heavy atom. The van der Waals surface area contributed by atoms with Crippen LogP contribution in [-0.2, 0) is 16.6 Å². The van der Waals surface area contributed by atoms with E-state index in [1.165, 1.54) is 23.1 Å². The van der Waals surface area contributed by atoms with Crippen molar-refractivity contribution in [1.29, 1.82) is 0 Å². The zero-order chi connectivity index (χ0) is 20.8. The Morgan fingerprint density at radius 2 is 1.69 bits per heavy atom. The Bertz CT molecular complexity index is 1210. The largest absolute Gasteiger partial charge is 0.343 e. The first kappa shape index (κ1) is 19.6. The summed E-state index contributed by atoms with van der Waals surface area (Å²) in [7, 11) is -4.18. The Hall–Kier alpha value is -2.71. The Labute approximate surface area is 176 Å². The normalized spacial score (nSPS) is 15.3. The molecule has 148 valence electrons. The van der Waals surface area contributed by atoms with Crippen molar-refractivity contribution in [1.82, 2.24) is 0 Å². The number of urea groups is 1. The van der Waals surface area contributed by atoms with Crippen molar-refractivity contribution in [3.05, 3.63) is 88.1 Å². The first-order valence-electron chi connectivity index (χ1n) is 8.75. The van der Waals surface area contributed by atoms with Crippen molar-refractivity contribution in [3.63, 3.8) is 0 Å². The van der Waals surface area contributed by atoms with Gasteiger partial charge in [0.15, 0.2) is 0 Å². The first-order chi connectivity index (χ1) is 13.8. The monoisotopic (exact) mass is 474 g/mol. The molecule has 0 saturated heterocycles. The second-order valence-electron chi connectivity index (χ2n) is 6.67. The van der Waals surface area contributed by atoms with E-state index in [4.69, 9.17) is 0 Å². The minimum absolute atomic E-state index is 0.00213. The number of benzene rings is 3. The van der Waals surface area contributed by atoms with Gasteiger partial charge in [0, 0.05) is 4.47 Å². The standard InChI is InChI=1S/C21H16BrFN2O3S/c1-14-6-11-17(12-18(14)23)25-21(26)24(13-15-7-9-16(22)10-8-15)19-4-2-3-5-20(19)29(25,27)28/h2-12H,13H2,1H3. The second-order valence-corrected chi connectivity index (χ2v) is 9.34. The molecule has 3 aromatic rings. The van der Waals surface area contributed by atoms with Gasteiger partial charge in [-0.25, -0.2) is 17.6 Å². The minimum atomic E-state index is -4.18. The van der Waals surface area contributed by atoms with Crippen molar-refractivity contribution >= 4 is 43.4 Å². The summed E-state index contributed by atoms with van der Waals surface area (Å²) >= 11 is 3.37. The molecule has 0 N–H and O–H groups in total. The third kappa shape index (κ3) is 3.42. The number of anilines is 2. The SMILES string of the molecule is Cc1ccc(N2C(=O)N(Cc3ccc(Br)cc3)c3ccccc3S2(=O)=O)cc1F. The van der Waals surface area contributed by atoms with Crippen molar-refractivity contribution in [2.75, 3.05) is 9.21 Å². The number of aryl methyl sites for hydroxylation is 1. The number of halogens is 2. The van der Waals surface area contributed by atoms with Crippen LogP contribution in [0.4, 0.5) is 20.6 Å². The maximum absolute atomic E-state index is 14.1. The maximum Gasteiger partial charge on any atom is 0.343 e. The van der Waals surface area contributed by atoms with Crippen molar-refractivity contribution < 1.29 is 17.6 Å². The molecular weight excluding hydrogens is 459 g/mol. The smallest absolute Gasteiger partial charge is 0.287 e. The molecule has 0 fully saturated rings. The van der Waals surface area contributed by atoms with Crippen LogP contribution < -0.4 is 9.21 Å². The average Bonchev–Trinajstić information content (AvgIpc) is 2.69. The minimum Gasteiger partial charge on any atom is -0.287 e. The number of hydrogen-bond donors (Lipinski definition) is 0. The van der Waals surface area contributed by atoms with Crippen LogP contribution in [0.15, 0.2) is 76.1 Å². The first-order valence-corrected chi connectivity index (χ1v) is 11.0. The third-order valence-electron chi connectivity index (χ3n) is 4.72. The summed E-state index contributed by atoms with van der Waals surface area (Å²) in [5.41, 5.74) is 1.45. The van der Waals surface area contributed by atoms with Gasteiger partial charge in [0.25, 0.3) is 10.0 Å². The third-order valence-corrected chi connectivity index (χ3v) is 7.00. The van der Waals surface area contributed by atoms with E-state index in [1.54, 1.807) is 25.1 Å². The lowest BCUT2D eigenvalue weighted by molar-refractivity contribution is 0.253. The summed E-state index contributed by atoms with van der Waals surface area (Å²) in [5.74, 6) is -0.580. The molecule has 0 spiro atoms. The molecule has 0 saturated carbocycles. The molecule has 2 amide bonds. The lowest BCUT2D eigenvalue weighted by atomic mass is 10.2. The topological polar surface area (TPSA) is 57.7 Å². The van der Waals surface area contributed by atoms with Crippen LogP contribution in [0.5, 0.6) is 0 Å². The fourth-order valence-corrected chi connectivity index (χ4v) is 5.04. The molecule has 0 bridgehead atoms. The van der Waals surface area contributed by atoms with Gasteiger partial charge in [-0.05, 0) is 54.4 Å². The summed E-state index contributed by atoms with van der Waals surface area (Å²) in [6.07, 6.45) is 0. The van der Waals surface area contributed by atoms with E-state index in [1.807, 2.05) is 24.3 Å². The van der Waals surface area contributed by atoms with Gasteiger partial charge in [-0.2, -0.15) is 4.31 Å². The highest BCUT2D eigenvalue weighted by Gasteiger charge is 2.42. The van der Waals surface area contributed by atoms with E-state index in [0.29, 0.717) is 15.6 Å². The number of rotatable bonds is 3. The molecule has 0 unspecified atom stereocenters. The van der Waals surface area contributed by atoms with E-state index >= 15 is 0 Å². The fraction of sp³-hybridized carbons (Fsp3) is 0.0952. The molecule has 0 aliphatic carbocycles. The number of amides is 2. The number of hydrogen-bond acceptors (Lipinski definition) is 3. The molecule has 8 heteroatoms. The summed E-state index contributed by atoms with van der Waals surface area (Å²) in [4.78, 5) is 14.7. The number of sulfonamides is 1. The van der Waals surface area contributed by atoms with Crippen molar-refractivity contribution in [2.24, 2.45) is 0 Å². The van der Waals surface area contributed by atoms with E-state index in [2.05, 4.69) is 15.9 Å². The number of carbonyl (C=O) groups excluding carboxylic acids is 1. The van der Waals surface area contributed by atoms with E-state index in [9.17, 15) is 17.6 Å². The number of nitrogens with zero attached hydrogens (tertiary/aromatic N) is 2. The van der Waals surface area contributed by atoms with Gasteiger partial charge in [0.1, 0.15) is 10.7 Å². The Kier molecular flexibility index (Phi) is 4.92. The van der Waals surface area contributed by atoms with E-state index in [0.717, 1.165) is 16.1 Å². The van der Waals surface area contributed by atoms with E-state index in [-0.39, 0.29) is 17.1 Å². The van der Waals surface area contributed by atoms with Gasteiger partial charge < -0.3 is 0 Å². The van der Waals surface area contributed by atoms with Crippen LogP contribution in [0.25, 0.3) is 0 Å². The van der Waals surface area contributed by atoms with Crippen LogP contribution in [-0.4, -0.2) is 14.4 Å². The predicted molar refractivity (Wildman–Crippen MR) is 113 cm³/mol. The number of para-hydroxylation sites is 1. The highest BCUT2D eigenvalue weighted by Crippen LogP contribution is 2.38. The molecule has 3 aromatic carbocycles. The fourth-order valence-electron chi connectivity index (χ4n) is 3.19. The van der Waals surface area contributed by atoms with Crippen molar-refractivity contribution in [3.8, 4) is 0 Å². The molecular formula is C21H16BrFN2O3S. The van der Waals surface area contributed by atoms with Gasteiger partial charge in [-0.3, -0.25) is 4.90 Å². The zero-order valence-electron chi connectivity index (χ0n) is 15.3. The summed E-state index contributed by atoms with van der Waals surface area (Å²) in [6, 6.07) is 16.9. The van der Waals surface area contributed by atoms with Crippen LogP contribution in [0.3, 0.4) is 0 Å². The molecule has 1 aliphatic heterocycles. The average molecular weight is 475 g/mol. The molecule has 1 heterocycles. The molecule has 1 aliphatic rings. The molecule has 5 nitrogen and oxygen atoms in total. The van der Waals surface area contributed by atoms with Crippen LogP contribution in [0, 0.1) is 12.7 Å². The molecule has 0 aromatic heterocycles. The van der Waals surface area contributed by atoms with Gasteiger partial charge in [-0.15, -0.1) is 0 Å². The van der Waals surface area contributed by atoms with Gasteiger partial charge >= 0.3 is 6.03 Å². The number of fused-ring (bicyclic) bond motifs is 1. The zero-order valence-corrected chi connectivity index (χ0v) is 17.7. The summed E-state index contributed by atoms with van der Waals surface area (Å²) < 4.78 is 42.1. The Balaban J connectivity index is 1.86. The van der Waals surface area contributed by atoms with E-state index < -0.39 is 21.9 Å².